The van der Waals surface area contributed by atoms with Crippen molar-refractivity contribution in [1.29, 1.82) is 0 Å². The predicted octanol–water partition coefficient (Wildman–Crippen LogP) is 0.708. The summed E-state index contributed by atoms with van der Waals surface area (Å²) in [7, 11) is 1.83. The molecule has 7 heteroatoms. The Labute approximate surface area is 103 Å². The first-order valence-electron chi connectivity index (χ1n) is 5.27. The normalized spacial score (nSPS) is 10.3. The molecule has 0 radical (unpaired) electrons. The van der Waals surface area contributed by atoms with Gasteiger partial charge in [0.1, 0.15) is 6.33 Å². The van der Waals surface area contributed by atoms with Crippen molar-refractivity contribution in [3.05, 3.63) is 35.9 Å². The van der Waals surface area contributed by atoms with E-state index in [2.05, 4.69) is 15.5 Å². The molecule has 0 atom stereocenters. The second-order valence-corrected chi connectivity index (χ2v) is 3.82. The maximum absolute atomic E-state index is 10.9. The van der Waals surface area contributed by atoms with Crippen LogP contribution < -0.4 is 11.1 Å². The Morgan fingerprint density at radius 1 is 1.56 bits per heavy atom. The maximum Gasteiger partial charge on any atom is 0.335 e. The lowest BCUT2D eigenvalue weighted by molar-refractivity contribution is 0.0697. The number of carboxylic acid groups (broad SMARTS) is 1. The zero-order chi connectivity index (χ0) is 13.1. The zero-order valence-electron chi connectivity index (χ0n) is 9.79. The van der Waals surface area contributed by atoms with Gasteiger partial charge >= 0.3 is 5.97 Å². The number of nitrogen functional groups attached to an aromatic ring is 1. The maximum atomic E-state index is 10.9. The number of carboxylic acids is 1. The number of rotatable bonds is 4. The SMILES string of the molecule is Cn1cnnc1CNc1cc(C(=O)O)ccc1N. The number of nitrogens with zero attached hydrogens (tertiary/aromatic N) is 3. The molecule has 18 heavy (non-hydrogen) atoms. The molecule has 0 aliphatic rings. The van der Waals surface area contributed by atoms with Crippen molar-refractivity contribution in [2.45, 2.75) is 6.54 Å². The highest BCUT2D eigenvalue weighted by Gasteiger charge is 2.07. The molecule has 0 spiro atoms. The quantitative estimate of drug-likeness (QED) is 0.687. The smallest absolute Gasteiger partial charge is 0.335 e. The van der Waals surface area contributed by atoms with E-state index in [1.807, 2.05) is 7.05 Å². The van der Waals surface area contributed by atoms with Gasteiger partial charge in [-0.05, 0) is 18.2 Å². The average molecular weight is 247 g/mol. The van der Waals surface area contributed by atoms with Crippen molar-refractivity contribution in [3.63, 3.8) is 0 Å². The van der Waals surface area contributed by atoms with Crippen LogP contribution in [-0.4, -0.2) is 25.8 Å². The number of aromatic nitrogens is 3. The molecule has 0 unspecified atom stereocenters. The van der Waals surface area contributed by atoms with Crippen LogP contribution in [0.4, 0.5) is 11.4 Å². The van der Waals surface area contributed by atoms with Gasteiger partial charge in [0.2, 0.25) is 0 Å². The molecule has 0 amide bonds. The van der Waals surface area contributed by atoms with Crippen molar-refractivity contribution < 1.29 is 9.90 Å². The van der Waals surface area contributed by atoms with Gasteiger partial charge in [-0.25, -0.2) is 4.79 Å². The molecular formula is C11H13N5O2. The van der Waals surface area contributed by atoms with Gasteiger partial charge in [0.15, 0.2) is 5.82 Å². The number of anilines is 2. The fourth-order valence-electron chi connectivity index (χ4n) is 1.48. The van der Waals surface area contributed by atoms with Crippen molar-refractivity contribution in [2.75, 3.05) is 11.1 Å². The van der Waals surface area contributed by atoms with Gasteiger partial charge < -0.3 is 20.7 Å². The van der Waals surface area contributed by atoms with E-state index in [0.717, 1.165) is 5.82 Å². The van der Waals surface area contributed by atoms with E-state index in [9.17, 15) is 4.79 Å². The summed E-state index contributed by atoms with van der Waals surface area (Å²) in [5, 5.41) is 19.6. The summed E-state index contributed by atoms with van der Waals surface area (Å²) in [5.74, 6) is -0.258. The lowest BCUT2D eigenvalue weighted by atomic mass is 10.1. The second kappa shape index (κ2) is 4.74. The van der Waals surface area contributed by atoms with Gasteiger partial charge in [-0.1, -0.05) is 0 Å². The number of nitrogens with one attached hydrogen (secondary N) is 1. The summed E-state index contributed by atoms with van der Waals surface area (Å²) in [6.07, 6.45) is 1.59. The Kier molecular flexibility index (Phi) is 3.13. The van der Waals surface area contributed by atoms with Crippen LogP contribution in [0.5, 0.6) is 0 Å². The van der Waals surface area contributed by atoms with Crippen LogP contribution >= 0.6 is 0 Å². The number of hydrogen-bond donors (Lipinski definition) is 3. The van der Waals surface area contributed by atoms with E-state index in [1.54, 1.807) is 17.0 Å². The Hall–Kier alpha value is -2.57. The Morgan fingerprint density at radius 3 is 2.94 bits per heavy atom. The summed E-state index contributed by atoms with van der Waals surface area (Å²) >= 11 is 0. The molecule has 0 aliphatic heterocycles. The number of hydrogen-bond acceptors (Lipinski definition) is 5. The van der Waals surface area contributed by atoms with Crippen LogP contribution in [0.1, 0.15) is 16.2 Å². The fraction of sp³-hybridized carbons (Fsp3) is 0.182. The van der Waals surface area contributed by atoms with Crippen molar-refractivity contribution in [2.24, 2.45) is 7.05 Å². The minimum Gasteiger partial charge on any atom is -0.478 e. The topological polar surface area (TPSA) is 106 Å². The van der Waals surface area contributed by atoms with E-state index >= 15 is 0 Å². The summed E-state index contributed by atoms with van der Waals surface area (Å²) in [5.41, 5.74) is 7.01. The third kappa shape index (κ3) is 2.40. The van der Waals surface area contributed by atoms with E-state index < -0.39 is 5.97 Å². The molecule has 94 valence electrons. The summed E-state index contributed by atoms with van der Waals surface area (Å²) < 4.78 is 1.77. The summed E-state index contributed by atoms with van der Waals surface area (Å²) in [4.78, 5) is 10.9. The molecule has 0 bridgehead atoms. The number of benzene rings is 1. The highest BCUT2D eigenvalue weighted by atomic mass is 16.4. The fourth-order valence-corrected chi connectivity index (χ4v) is 1.48. The van der Waals surface area contributed by atoms with Gasteiger partial charge in [-0.2, -0.15) is 0 Å². The van der Waals surface area contributed by atoms with E-state index in [0.29, 0.717) is 17.9 Å². The molecule has 0 saturated carbocycles. The number of aryl methyl sites for hydroxylation is 1. The molecule has 0 aliphatic carbocycles. The van der Waals surface area contributed by atoms with Crippen LogP contribution in [0, 0.1) is 0 Å². The standard InChI is InChI=1S/C11H13N5O2/c1-16-6-14-15-10(16)5-13-9-4-7(11(17)18)2-3-8(9)12/h2-4,6,13H,5,12H2,1H3,(H,17,18). The molecule has 4 N–H and O–H groups in total. The molecular weight excluding hydrogens is 234 g/mol. The highest BCUT2D eigenvalue weighted by Crippen LogP contribution is 2.20. The molecule has 0 fully saturated rings. The number of aromatic carboxylic acids is 1. The van der Waals surface area contributed by atoms with Gasteiger partial charge in [0.05, 0.1) is 23.5 Å². The van der Waals surface area contributed by atoms with Crippen molar-refractivity contribution in [3.8, 4) is 0 Å². The van der Waals surface area contributed by atoms with E-state index in [4.69, 9.17) is 10.8 Å². The molecule has 2 rings (SSSR count). The van der Waals surface area contributed by atoms with Gasteiger partial charge in [-0.15, -0.1) is 10.2 Å². The molecule has 1 aromatic heterocycles. The van der Waals surface area contributed by atoms with Gasteiger partial charge in [-0.3, -0.25) is 0 Å². The first-order chi connectivity index (χ1) is 8.58. The summed E-state index contributed by atoms with van der Waals surface area (Å²) in [6, 6.07) is 4.52. The lowest BCUT2D eigenvalue weighted by Crippen LogP contribution is -2.08. The summed E-state index contributed by atoms with van der Waals surface area (Å²) in [6.45, 7) is 0.420. The first kappa shape index (κ1) is 11.9. The Balaban J connectivity index is 2.16. The zero-order valence-corrected chi connectivity index (χ0v) is 9.79. The van der Waals surface area contributed by atoms with Crippen LogP contribution in [0.25, 0.3) is 0 Å². The van der Waals surface area contributed by atoms with E-state index in [1.165, 1.54) is 12.1 Å². The first-order valence-corrected chi connectivity index (χ1v) is 5.27. The molecule has 1 aromatic carbocycles. The van der Waals surface area contributed by atoms with Crippen LogP contribution in [0.2, 0.25) is 0 Å². The van der Waals surface area contributed by atoms with Crippen LogP contribution in [0.15, 0.2) is 24.5 Å². The number of carbonyl (C=O) groups is 1. The third-order valence-electron chi connectivity index (χ3n) is 2.54. The average Bonchev–Trinajstić information content (AvgIpc) is 2.73. The minimum absolute atomic E-state index is 0.185. The van der Waals surface area contributed by atoms with Crippen molar-refractivity contribution in [1.82, 2.24) is 14.8 Å². The van der Waals surface area contributed by atoms with Crippen LogP contribution in [0.3, 0.4) is 0 Å². The monoisotopic (exact) mass is 247 g/mol. The van der Waals surface area contributed by atoms with E-state index in [-0.39, 0.29) is 5.56 Å². The Morgan fingerprint density at radius 2 is 2.33 bits per heavy atom. The largest absolute Gasteiger partial charge is 0.478 e. The molecule has 1 heterocycles. The third-order valence-corrected chi connectivity index (χ3v) is 2.54. The van der Waals surface area contributed by atoms with Gasteiger partial charge in [0, 0.05) is 7.05 Å². The van der Waals surface area contributed by atoms with Crippen molar-refractivity contribution >= 4 is 17.3 Å². The predicted molar refractivity (Wildman–Crippen MR) is 66.1 cm³/mol. The molecule has 2 aromatic rings. The second-order valence-electron chi connectivity index (χ2n) is 3.82. The lowest BCUT2D eigenvalue weighted by Gasteiger charge is -2.09. The highest BCUT2D eigenvalue weighted by molar-refractivity contribution is 5.90. The molecule has 0 saturated heterocycles. The Bertz CT molecular complexity index is 579. The van der Waals surface area contributed by atoms with Gasteiger partial charge in [0.25, 0.3) is 0 Å². The molecule has 7 nitrogen and oxygen atoms in total. The van der Waals surface area contributed by atoms with Crippen LogP contribution in [-0.2, 0) is 13.6 Å². The minimum atomic E-state index is -0.989. The number of nitrogens with two attached hydrogens (primary N) is 1.